The number of amides is 1. The number of carbonyl (C=O) groups is 1. The highest BCUT2D eigenvalue weighted by Gasteiger charge is 2.28. The Balaban J connectivity index is 1.67. The molecule has 1 aliphatic rings. The molecule has 0 saturated heterocycles. The van der Waals surface area contributed by atoms with Gasteiger partial charge in [-0.25, -0.2) is 4.39 Å². The molecule has 1 N–H and O–H groups in total. The Bertz CT molecular complexity index is 699. The van der Waals surface area contributed by atoms with E-state index in [9.17, 15) is 9.18 Å². The van der Waals surface area contributed by atoms with E-state index in [0.29, 0.717) is 0 Å². The lowest BCUT2D eigenvalue weighted by molar-refractivity contribution is -0.120. The van der Waals surface area contributed by atoms with Gasteiger partial charge >= 0.3 is 0 Å². The Kier molecular flexibility index (Phi) is 4.44. The van der Waals surface area contributed by atoms with Gasteiger partial charge in [0.1, 0.15) is 5.82 Å². The van der Waals surface area contributed by atoms with Crippen molar-refractivity contribution in [3.63, 3.8) is 0 Å². The minimum absolute atomic E-state index is 0.0209. The number of nitrogens with zero attached hydrogens (tertiary/aromatic N) is 1. The van der Waals surface area contributed by atoms with E-state index in [1.807, 2.05) is 36.9 Å². The molecule has 0 radical (unpaired) electrons. The first kappa shape index (κ1) is 15.7. The maximum absolute atomic E-state index is 13.0. The molecule has 4 heteroatoms. The molecule has 2 aromatic rings. The minimum atomic E-state index is -0.304. The van der Waals surface area contributed by atoms with Gasteiger partial charge in [-0.15, -0.1) is 0 Å². The number of rotatable bonds is 4. The molecule has 0 unspecified atom stereocenters. The fraction of sp³-hybridized carbons (Fsp3) is 0.316. The van der Waals surface area contributed by atoms with Gasteiger partial charge < -0.3 is 4.90 Å². The van der Waals surface area contributed by atoms with Gasteiger partial charge in [0.15, 0.2) is 0 Å². The molecule has 2 aromatic carbocycles. The van der Waals surface area contributed by atoms with Crippen molar-refractivity contribution in [1.82, 2.24) is 5.32 Å². The van der Waals surface area contributed by atoms with E-state index in [1.165, 1.54) is 17.7 Å². The molecule has 1 amide bonds. The standard InChI is InChI=1S/C19H21FN2O/c1-13(15-7-9-17(20)10-8-15)21-14(2)19(23)22-12-11-16-5-3-4-6-18(16)22/h3-10,13-14,21H,11-12H2,1-2H3/t13-,14+/m0/s1. The molecule has 120 valence electrons. The molecule has 1 heterocycles. The van der Waals surface area contributed by atoms with Crippen molar-refractivity contribution in [3.8, 4) is 0 Å². The van der Waals surface area contributed by atoms with Crippen LogP contribution >= 0.6 is 0 Å². The van der Waals surface area contributed by atoms with E-state index in [0.717, 1.165) is 24.2 Å². The first-order chi connectivity index (χ1) is 11.1. The van der Waals surface area contributed by atoms with Crippen LogP contribution in [0.4, 0.5) is 10.1 Å². The lowest BCUT2D eigenvalue weighted by Crippen LogP contribution is -2.45. The van der Waals surface area contributed by atoms with Crippen LogP contribution in [0, 0.1) is 5.82 Å². The third-order valence-corrected chi connectivity index (χ3v) is 4.39. The van der Waals surface area contributed by atoms with Crippen molar-refractivity contribution >= 4 is 11.6 Å². The molecular formula is C19H21FN2O. The van der Waals surface area contributed by atoms with Crippen LogP contribution in [0.25, 0.3) is 0 Å². The molecule has 3 nitrogen and oxygen atoms in total. The predicted octanol–water partition coefficient (Wildman–Crippen LogP) is 3.45. The lowest BCUT2D eigenvalue weighted by atomic mass is 10.1. The maximum atomic E-state index is 13.0. The number of hydrogen-bond acceptors (Lipinski definition) is 2. The average Bonchev–Trinajstić information content (AvgIpc) is 2.98. The monoisotopic (exact) mass is 312 g/mol. The summed E-state index contributed by atoms with van der Waals surface area (Å²) in [6, 6.07) is 14.1. The first-order valence-corrected chi connectivity index (χ1v) is 7.97. The van der Waals surface area contributed by atoms with Crippen molar-refractivity contribution in [2.24, 2.45) is 0 Å². The van der Waals surface area contributed by atoms with Gasteiger partial charge in [0.2, 0.25) is 5.91 Å². The number of nitrogens with one attached hydrogen (secondary N) is 1. The third-order valence-electron chi connectivity index (χ3n) is 4.39. The zero-order chi connectivity index (χ0) is 16.4. The zero-order valence-electron chi connectivity index (χ0n) is 13.4. The second-order valence-corrected chi connectivity index (χ2v) is 6.03. The molecule has 2 atom stereocenters. The normalized spacial score (nSPS) is 16.0. The molecule has 1 aliphatic heterocycles. The summed E-state index contributed by atoms with van der Waals surface area (Å²) in [6.07, 6.45) is 0.905. The van der Waals surface area contributed by atoms with Gasteiger partial charge in [0.05, 0.1) is 6.04 Å². The summed E-state index contributed by atoms with van der Waals surface area (Å²) in [5, 5.41) is 3.31. The maximum Gasteiger partial charge on any atom is 0.243 e. The van der Waals surface area contributed by atoms with E-state index in [-0.39, 0.29) is 23.8 Å². The summed E-state index contributed by atoms with van der Waals surface area (Å²) < 4.78 is 13.0. The number of para-hydroxylation sites is 1. The number of hydrogen-bond donors (Lipinski definition) is 1. The van der Waals surface area contributed by atoms with Crippen LogP contribution < -0.4 is 10.2 Å². The van der Waals surface area contributed by atoms with Crippen LogP contribution in [0.2, 0.25) is 0 Å². The molecule has 0 fully saturated rings. The fourth-order valence-electron chi connectivity index (χ4n) is 3.09. The van der Waals surface area contributed by atoms with Crippen LogP contribution in [0.15, 0.2) is 48.5 Å². The molecule has 3 rings (SSSR count). The quantitative estimate of drug-likeness (QED) is 0.938. The number of halogens is 1. The number of benzene rings is 2. The summed E-state index contributed by atoms with van der Waals surface area (Å²) in [5.74, 6) is -0.178. The van der Waals surface area contributed by atoms with Gasteiger partial charge in [-0.2, -0.15) is 0 Å². The zero-order valence-corrected chi connectivity index (χ0v) is 13.4. The largest absolute Gasteiger partial charge is 0.310 e. The fourth-order valence-corrected chi connectivity index (χ4v) is 3.09. The summed E-state index contributed by atoms with van der Waals surface area (Å²) in [7, 11) is 0. The lowest BCUT2D eigenvalue weighted by Gasteiger charge is -2.25. The van der Waals surface area contributed by atoms with Crippen molar-refractivity contribution in [2.75, 3.05) is 11.4 Å². The highest BCUT2D eigenvalue weighted by Crippen LogP contribution is 2.28. The summed E-state index contributed by atoms with van der Waals surface area (Å²) in [4.78, 5) is 14.6. The predicted molar refractivity (Wildman–Crippen MR) is 89.9 cm³/mol. The van der Waals surface area contributed by atoms with Crippen LogP contribution in [-0.4, -0.2) is 18.5 Å². The Hall–Kier alpha value is -2.20. The molecule has 0 aliphatic carbocycles. The Morgan fingerprint density at radius 3 is 2.57 bits per heavy atom. The molecule has 0 saturated carbocycles. The van der Waals surface area contributed by atoms with Crippen LogP contribution in [0.3, 0.4) is 0 Å². The van der Waals surface area contributed by atoms with Crippen molar-refractivity contribution in [1.29, 1.82) is 0 Å². The second-order valence-electron chi connectivity index (χ2n) is 6.03. The van der Waals surface area contributed by atoms with E-state index >= 15 is 0 Å². The summed E-state index contributed by atoms with van der Waals surface area (Å²) >= 11 is 0. The van der Waals surface area contributed by atoms with E-state index < -0.39 is 0 Å². The third kappa shape index (κ3) is 3.27. The molecule has 0 spiro atoms. The van der Waals surface area contributed by atoms with E-state index in [4.69, 9.17) is 0 Å². The van der Waals surface area contributed by atoms with Gasteiger partial charge in [-0.1, -0.05) is 30.3 Å². The molecule has 0 bridgehead atoms. The van der Waals surface area contributed by atoms with E-state index in [2.05, 4.69) is 11.4 Å². The minimum Gasteiger partial charge on any atom is -0.310 e. The summed E-state index contributed by atoms with van der Waals surface area (Å²) in [6.45, 7) is 4.59. The van der Waals surface area contributed by atoms with Gasteiger partial charge in [0, 0.05) is 18.3 Å². The van der Waals surface area contributed by atoms with E-state index in [1.54, 1.807) is 12.1 Å². The van der Waals surface area contributed by atoms with Crippen molar-refractivity contribution in [2.45, 2.75) is 32.4 Å². The van der Waals surface area contributed by atoms with Crippen molar-refractivity contribution < 1.29 is 9.18 Å². The molecule has 0 aromatic heterocycles. The Morgan fingerprint density at radius 2 is 1.83 bits per heavy atom. The van der Waals surface area contributed by atoms with Gasteiger partial charge in [-0.05, 0) is 49.6 Å². The van der Waals surface area contributed by atoms with Crippen molar-refractivity contribution in [3.05, 3.63) is 65.5 Å². The topological polar surface area (TPSA) is 32.3 Å². The average molecular weight is 312 g/mol. The van der Waals surface area contributed by atoms with Crippen LogP contribution in [0.5, 0.6) is 0 Å². The molecular weight excluding hydrogens is 291 g/mol. The van der Waals surface area contributed by atoms with Gasteiger partial charge in [-0.3, -0.25) is 10.1 Å². The smallest absolute Gasteiger partial charge is 0.243 e. The number of fused-ring (bicyclic) bond motifs is 1. The first-order valence-electron chi connectivity index (χ1n) is 7.97. The van der Waals surface area contributed by atoms with Gasteiger partial charge in [0.25, 0.3) is 0 Å². The second kappa shape index (κ2) is 6.50. The highest BCUT2D eigenvalue weighted by atomic mass is 19.1. The van der Waals surface area contributed by atoms with Crippen LogP contribution in [0.1, 0.15) is 31.0 Å². The number of carbonyl (C=O) groups excluding carboxylic acids is 1. The molecule has 23 heavy (non-hydrogen) atoms. The highest BCUT2D eigenvalue weighted by molar-refractivity contribution is 5.98. The SMILES string of the molecule is C[C@H](N[C@H](C)C(=O)N1CCc2ccccc21)c1ccc(F)cc1. The Morgan fingerprint density at radius 1 is 1.13 bits per heavy atom. The Labute approximate surface area is 136 Å². The van der Waals surface area contributed by atoms with Crippen LogP contribution in [-0.2, 0) is 11.2 Å². The number of anilines is 1. The summed E-state index contributed by atoms with van der Waals surface area (Å²) in [5.41, 5.74) is 3.20.